The van der Waals surface area contributed by atoms with Crippen molar-refractivity contribution in [3.63, 3.8) is 0 Å². The standard InChI is InChI=1S/C25H23N3OS/c29-25(24-11-6-16-30-24)28-23-13-12-21(27-18-23)9-4-5-10-22-17-20(14-15-26-22)19-7-2-1-3-8-19/h1-3,6-8,11-14,16,18,22,26H,5,10,15,17H2,(H,28,29). The topological polar surface area (TPSA) is 54.0 Å². The van der Waals surface area contributed by atoms with Crippen molar-refractivity contribution < 1.29 is 4.79 Å². The lowest BCUT2D eigenvalue weighted by Gasteiger charge is -2.24. The monoisotopic (exact) mass is 413 g/mol. The number of carbonyl (C=O) groups is 1. The molecule has 0 aliphatic carbocycles. The van der Waals surface area contributed by atoms with E-state index in [1.165, 1.54) is 22.5 Å². The van der Waals surface area contributed by atoms with Crippen LogP contribution >= 0.6 is 11.3 Å². The summed E-state index contributed by atoms with van der Waals surface area (Å²) in [4.78, 5) is 17.1. The van der Waals surface area contributed by atoms with Crippen LogP contribution < -0.4 is 10.6 Å². The molecule has 1 aliphatic heterocycles. The third-order valence-corrected chi connectivity index (χ3v) is 5.84. The summed E-state index contributed by atoms with van der Waals surface area (Å²) >= 11 is 1.41. The van der Waals surface area contributed by atoms with Gasteiger partial charge in [0.1, 0.15) is 5.69 Å². The Hall–Kier alpha value is -3.20. The molecular weight excluding hydrogens is 390 g/mol. The fraction of sp³-hybridized carbons (Fsp3) is 0.200. The zero-order valence-corrected chi connectivity index (χ0v) is 17.4. The Balaban J connectivity index is 1.26. The highest BCUT2D eigenvalue weighted by Gasteiger charge is 2.15. The van der Waals surface area contributed by atoms with Crippen LogP contribution in [0.2, 0.25) is 0 Å². The van der Waals surface area contributed by atoms with E-state index >= 15 is 0 Å². The summed E-state index contributed by atoms with van der Waals surface area (Å²) in [6, 6.07) is 18.4. The van der Waals surface area contributed by atoms with Crippen LogP contribution in [0.4, 0.5) is 5.69 Å². The van der Waals surface area contributed by atoms with Gasteiger partial charge in [0, 0.05) is 19.0 Å². The number of benzene rings is 1. The molecule has 5 heteroatoms. The van der Waals surface area contributed by atoms with Gasteiger partial charge in [0.25, 0.3) is 5.91 Å². The zero-order valence-electron chi connectivity index (χ0n) is 16.6. The van der Waals surface area contributed by atoms with Gasteiger partial charge in [0.2, 0.25) is 0 Å². The molecule has 150 valence electrons. The lowest BCUT2D eigenvalue weighted by molar-refractivity contribution is 0.103. The Bertz CT molecular complexity index is 1060. The number of pyridine rings is 1. The summed E-state index contributed by atoms with van der Waals surface area (Å²) in [5.74, 6) is 6.23. The summed E-state index contributed by atoms with van der Waals surface area (Å²) in [5, 5.41) is 8.28. The summed E-state index contributed by atoms with van der Waals surface area (Å²) in [6.45, 7) is 0.905. The number of nitrogens with zero attached hydrogens (tertiary/aromatic N) is 1. The molecule has 1 unspecified atom stereocenters. The molecule has 0 saturated carbocycles. The summed E-state index contributed by atoms with van der Waals surface area (Å²) < 4.78 is 0. The molecule has 4 rings (SSSR count). The first-order valence-corrected chi connectivity index (χ1v) is 10.9. The maximum Gasteiger partial charge on any atom is 0.265 e. The normalized spacial score (nSPS) is 15.6. The van der Waals surface area contributed by atoms with E-state index in [0.29, 0.717) is 22.3 Å². The van der Waals surface area contributed by atoms with Crippen molar-refractivity contribution in [3.8, 4) is 11.8 Å². The maximum absolute atomic E-state index is 12.1. The van der Waals surface area contributed by atoms with Crippen LogP contribution in [-0.2, 0) is 0 Å². The second-order valence-electron chi connectivity index (χ2n) is 7.11. The predicted octanol–water partition coefficient (Wildman–Crippen LogP) is 4.97. The minimum atomic E-state index is -0.116. The first-order valence-electron chi connectivity index (χ1n) is 10.1. The van der Waals surface area contributed by atoms with E-state index in [4.69, 9.17) is 0 Å². The molecule has 0 bridgehead atoms. The van der Waals surface area contributed by atoms with E-state index in [-0.39, 0.29) is 5.91 Å². The fourth-order valence-electron chi connectivity index (χ4n) is 3.40. The number of amides is 1. The van der Waals surface area contributed by atoms with Gasteiger partial charge in [0.15, 0.2) is 0 Å². The van der Waals surface area contributed by atoms with Crippen LogP contribution in [0.3, 0.4) is 0 Å². The lowest BCUT2D eigenvalue weighted by Crippen LogP contribution is -2.32. The van der Waals surface area contributed by atoms with Crippen molar-refractivity contribution in [2.24, 2.45) is 0 Å². The largest absolute Gasteiger partial charge is 0.320 e. The highest BCUT2D eigenvalue weighted by molar-refractivity contribution is 7.12. The second kappa shape index (κ2) is 10.0. The van der Waals surface area contributed by atoms with E-state index in [1.54, 1.807) is 12.3 Å². The van der Waals surface area contributed by atoms with Gasteiger partial charge >= 0.3 is 0 Å². The van der Waals surface area contributed by atoms with Gasteiger partial charge in [-0.15, -0.1) is 11.3 Å². The van der Waals surface area contributed by atoms with Crippen LogP contribution in [0.1, 0.15) is 40.2 Å². The van der Waals surface area contributed by atoms with Crippen molar-refractivity contribution >= 4 is 28.5 Å². The SMILES string of the molecule is O=C(Nc1ccc(C#CCCC2CC(c3ccccc3)=CCN2)nc1)c1cccs1. The van der Waals surface area contributed by atoms with Crippen LogP contribution in [-0.4, -0.2) is 23.5 Å². The highest BCUT2D eigenvalue weighted by atomic mass is 32.1. The number of rotatable bonds is 5. The Labute approximate surface area is 181 Å². The minimum absolute atomic E-state index is 0.116. The number of carbonyl (C=O) groups excluding carboxylic acids is 1. The average Bonchev–Trinajstić information content (AvgIpc) is 3.34. The van der Waals surface area contributed by atoms with Gasteiger partial charge in [-0.3, -0.25) is 4.79 Å². The molecule has 0 saturated heterocycles. The van der Waals surface area contributed by atoms with Crippen molar-refractivity contribution in [1.82, 2.24) is 10.3 Å². The van der Waals surface area contributed by atoms with Crippen LogP contribution in [0.25, 0.3) is 5.57 Å². The molecule has 1 aliphatic rings. The molecule has 0 fully saturated rings. The predicted molar refractivity (Wildman–Crippen MR) is 123 cm³/mol. The Morgan fingerprint density at radius 2 is 2.07 bits per heavy atom. The van der Waals surface area contributed by atoms with Gasteiger partial charge in [-0.25, -0.2) is 4.98 Å². The van der Waals surface area contributed by atoms with Crippen molar-refractivity contribution in [2.45, 2.75) is 25.3 Å². The number of nitrogens with one attached hydrogen (secondary N) is 2. The van der Waals surface area contributed by atoms with Crippen molar-refractivity contribution in [2.75, 3.05) is 11.9 Å². The Morgan fingerprint density at radius 3 is 2.83 bits per heavy atom. The minimum Gasteiger partial charge on any atom is -0.320 e. The van der Waals surface area contributed by atoms with Crippen LogP contribution in [0, 0.1) is 11.8 Å². The maximum atomic E-state index is 12.1. The molecule has 3 heterocycles. The molecule has 1 aromatic carbocycles. The molecule has 4 nitrogen and oxygen atoms in total. The zero-order chi connectivity index (χ0) is 20.6. The average molecular weight is 414 g/mol. The number of anilines is 1. The molecule has 0 spiro atoms. The number of hydrogen-bond donors (Lipinski definition) is 2. The number of thiophene rings is 1. The second-order valence-corrected chi connectivity index (χ2v) is 8.06. The van der Waals surface area contributed by atoms with Gasteiger partial charge in [-0.2, -0.15) is 0 Å². The summed E-state index contributed by atoms with van der Waals surface area (Å²) in [7, 11) is 0. The molecule has 0 radical (unpaired) electrons. The first kappa shape index (κ1) is 20.1. The molecular formula is C25H23N3OS. The summed E-state index contributed by atoms with van der Waals surface area (Å²) in [5.41, 5.74) is 4.11. The van der Waals surface area contributed by atoms with Gasteiger partial charge < -0.3 is 10.6 Å². The third-order valence-electron chi connectivity index (χ3n) is 4.97. The van der Waals surface area contributed by atoms with Crippen molar-refractivity contribution in [1.29, 1.82) is 0 Å². The molecule has 2 aromatic heterocycles. The van der Waals surface area contributed by atoms with Crippen molar-refractivity contribution in [3.05, 3.63) is 88.4 Å². The van der Waals surface area contributed by atoms with E-state index in [1.807, 2.05) is 23.6 Å². The number of aromatic nitrogens is 1. The quantitative estimate of drug-likeness (QED) is 0.581. The van der Waals surface area contributed by atoms with Gasteiger partial charge in [0.05, 0.1) is 16.8 Å². The van der Waals surface area contributed by atoms with Gasteiger partial charge in [-0.05, 0) is 53.5 Å². The Kier molecular flexibility index (Phi) is 6.71. The summed E-state index contributed by atoms with van der Waals surface area (Å²) in [6.07, 6.45) is 6.78. The van der Waals surface area contributed by atoms with E-state index in [9.17, 15) is 4.79 Å². The van der Waals surface area contributed by atoms with E-state index in [2.05, 4.69) is 63.9 Å². The first-order chi connectivity index (χ1) is 14.8. The van der Waals surface area contributed by atoms with E-state index < -0.39 is 0 Å². The van der Waals surface area contributed by atoms with Crippen LogP contribution in [0.15, 0.2) is 72.3 Å². The van der Waals surface area contributed by atoms with Crippen LogP contribution in [0.5, 0.6) is 0 Å². The Morgan fingerprint density at radius 1 is 1.17 bits per heavy atom. The van der Waals surface area contributed by atoms with E-state index in [0.717, 1.165) is 25.8 Å². The fourth-order valence-corrected chi connectivity index (χ4v) is 4.02. The lowest BCUT2D eigenvalue weighted by atomic mass is 9.93. The molecule has 2 N–H and O–H groups in total. The van der Waals surface area contributed by atoms with Gasteiger partial charge in [-0.1, -0.05) is 48.4 Å². The molecule has 1 amide bonds. The smallest absolute Gasteiger partial charge is 0.265 e. The number of hydrogen-bond acceptors (Lipinski definition) is 4. The molecule has 3 aromatic rings. The third kappa shape index (κ3) is 5.44. The highest BCUT2D eigenvalue weighted by Crippen LogP contribution is 2.23. The molecule has 1 atom stereocenters. The molecule has 30 heavy (non-hydrogen) atoms.